The van der Waals surface area contributed by atoms with Crippen LogP contribution in [0.1, 0.15) is 23.6 Å². The summed E-state index contributed by atoms with van der Waals surface area (Å²) in [5.41, 5.74) is 8.78. The number of fused-ring (bicyclic) bond motifs is 2. The maximum atomic E-state index is 10.2. The summed E-state index contributed by atoms with van der Waals surface area (Å²) >= 11 is 0. The standard InChI is InChI=1S/C20H17NO/c21-20-16(22)9-7-14-10-13-5-4-11-2-1-3-12-6-8-15(19(14)20)18(13)17(11)12/h1-6,8,10,16,20,22H,7,9,21H2/t16-,20-/m1/s1. The Morgan fingerprint density at radius 3 is 2.45 bits per heavy atom. The fraction of sp³-hybridized carbons (Fsp3) is 0.200. The molecule has 4 aromatic rings. The number of aliphatic hydroxyl groups is 1. The largest absolute Gasteiger partial charge is 0.391 e. The summed E-state index contributed by atoms with van der Waals surface area (Å²) in [6.45, 7) is 0. The van der Waals surface area contributed by atoms with Crippen LogP contribution >= 0.6 is 0 Å². The van der Waals surface area contributed by atoms with E-state index in [-0.39, 0.29) is 6.04 Å². The maximum Gasteiger partial charge on any atom is 0.0736 e. The van der Waals surface area contributed by atoms with Crippen molar-refractivity contribution in [3.63, 3.8) is 0 Å². The Balaban J connectivity index is 2.04. The smallest absolute Gasteiger partial charge is 0.0736 e. The van der Waals surface area contributed by atoms with E-state index in [9.17, 15) is 5.11 Å². The number of hydrogen-bond donors (Lipinski definition) is 2. The molecule has 0 aromatic heterocycles. The van der Waals surface area contributed by atoms with Crippen LogP contribution in [0.3, 0.4) is 0 Å². The average molecular weight is 287 g/mol. The van der Waals surface area contributed by atoms with E-state index in [2.05, 4.69) is 48.5 Å². The first-order valence-corrected chi connectivity index (χ1v) is 7.87. The van der Waals surface area contributed by atoms with E-state index in [0.717, 1.165) is 18.4 Å². The van der Waals surface area contributed by atoms with Crippen LogP contribution in [-0.4, -0.2) is 11.2 Å². The van der Waals surface area contributed by atoms with Crippen LogP contribution in [0.15, 0.2) is 48.5 Å². The van der Waals surface area contributed by atoms with Gasteiger partial charge in [0, 0.05) is 0 Å². The number of aliphatic hydroxyl groups excluding tert-OH is 1. The second kappa shape index (κ2) is 4.19. The summed E-state index contributed by atoms with van der Waals surface area (Å²) in [5, 5.41) is 17.8. The van der Waals surface area contributed by atoms with Gasteiger partial charge in [-0.05, 0) is 56.3 Å². The molecule has 22 heavy (non-hydrogen) atoms. The van der Waals surface area contributed by atoms with E-state index in [1.165, 1.54) is 37.9 Å². The Kier molecular flexibility index (Phi) is 2.36. The summed E-state index contributed by atoms with van der Waals surface area (Å²) in [5.74, 6) is 0. The lowest BCUT2D eigenvalue weighted by atomic mass is 9.80. The molecule has 0 aliphatic heterocycles. The van der Waals surface area contributed by atoms with Crippen molar-refractivity contribution in [2.75, 3.05) is 0 Å². The number of aryl methyl sites for hydroxylation is 1. The van der Waals surface area contributed by atoms with Crippen LogP contribution in [0.25, 0.3) is 32.3 Å². The third-order valence-corrected chi connectivity index (χ3v) is 5.23. The molecular weight excluding hydrogens is 270 g/mol. The van der Waals surface area contributed by atoms with Crippen molar-refractivity contribution >= 4 is 32.3 Å². The molecule has 5 rings (SSSR count). The number of nitrogens with two attached hydrogens (primary N) is 1. The summed E-state index contributed by atoms with van der Waals surface area (Å²) < 4.78 is 0. The molecule has 2 atom stereocenters. The minimum Gasteiger partial charge on any atom is -0.391 e. The van der Waals surface area contributed by atoms with Crippen LogP contribution in [0.2, 0.25) is 0 Å². The fourth-order valence-corrected chi connectivity index (χ4v) is 4.17. The molecule has 1 aliphatic rings. The van der Waals surface area contributed by atoms with Gasteiger partial charge in [-0.15, -0.1) is 0 Å². The number of hydrogen-bond acceptors (Lipinski definition) is 2. The fourth-order valence-electron chi connectivity index (χ4n) is 4.17. The SMILES string of the molecule is N[C@H]1c2c(cc3ccc4cccc5ccc2c3c45)CC[C@H]1O. The van der Waals surface area contributed by atoms with Gasteiger partial charge in [0.05, 0.1) is 12.1 Å². The molecule has 0 heterocycles. The van der Waals surface area contributed by atoms with Gasteiger partial charge >= 0.3 is 0 Å². The molecular formula is C20H17NO. The highest BCUT2D eigenvalue weighted by Crippen LogP contribution is 2.41. The Bertz CT molecular complexity index is 1000. The second-order valence-corrected chi connectivity index (χ2v) is 6.44. The van der Waals surface area contributed by atoms with Crippen molar-refractivity contribution < 1.29 is 5.11 Å². The van der Waals surface area contributed by atoms with Gasteiger partial charge in [-0.1, -0.05) is 48.5 Å². The molecule has 0 unspecified atom stereocenters. The lowest BCUT2D eigenvalue weighted by Gasteiger charge is -2.29. The van der Waals surface area contributed by atoms with Crippen LogP contribution in [-0.2, 0) is 6.42 Å². The van der Waals surface area contributed by atoms with Gasteiger partial charge in [0.2, 0.25) is 0 Å². The Morgan fingerprint density at radius 2 is 1.64 bits per heavy atom. The molecule has 0 bridgehead atoms. The molecule has 0 spiro atoms. The van der Waals surface area contributed by atoms with E-state index < -0.39 is 6.10 Å². The first-order valence-electron chi connectivity index (χ1n) is 7.87. The van der Waals surface area contributed by atoms with Gasteiger partial charge < -0.3 is 10.8 Å². The summed E-state index contributed by atoms with van der Waals surface area (Å²) in [7, 11) is 0. The van der Waals surface area contributed by atoms with Crippen molar-refractivity contribution in [3.05, 3.63) is 59.7 Å². The lowest BCUT2D eigenvalue weighted by Crippen LogP contribution is -2.31. The quantitative estimate of drug-likeness (QED) is 0.482. The predicted molar refractivity (Wildman–Crippen MR) is 91.4 cm³/mol. The van der Waals surface area contributed by atoms with Crippen molar-refractivity contribution in [3.8, 4) is 0 Å². The van der Waals surface area contributed by atoms with Crippen LogP contribution in [0, 0.1) is 0 Å². The Labute approximate surface area is 128 Å². The monoisotopic (exact) mass is 287 g/mol. The molecule has 0 saturated carbocycles. The zero-order chi connectivity index (χ0) is 14.8. The third-order valence-electron chi connectivity index (χ3n) is 5.23. The van der Waals surface area contributed by atoms with E-state index in [1.807, 2.05) is 0 Å². The van der Waals surface area contributed by atoms with Crippen molar-refractivity contribution in [2.24, 2.45) is 5.73 Å². The van der Waals surface area contributed by atoms with Gasteiger partial charge in [-0.3, -0.25) is 0 Å². The lowest BCUT2D eigenvalue weighted by molar-refractivity contribution is 0.129. The normalized spacial score (nSPS) is 21.7. The molecule has 108 valence electrons. The van der Waals surface area contributed by atoms with Crippen molar-refractivity contribution in [1.82, 2.24) is 0 Å². The van der Waals surface area contributed by atoms with E-state index in [4.69, 9.17) is 5.73 Å². The van der Waals surface area contributed by atoms with Crippen molar-refractivity contribution in [2.45, 2.75) is 25.0 Å². The van der Waals surface area contributed by atoms with Crippen LogP contribution < -0.4 is 5.73 Å². The maximum absolute atomic E-state index is 10.2. The highest BCUT2D eigenvalue weighted by atomic mass is 16.3. The first-order chi connectivity index (χ1) is 10.7. The van der Waals surface area contributed by atoms with Gasteiger partial charge in [0.15, 0.2) is 0 Å². The number of rotatable bonds is 0. The Morgan fingerprint density at radius 1 is 0.909 bits per heavy atom. The van der Waals surface area contributed by atoms with E-state index >= 15 is 0 Å². The Hall–Kier alpha value is -2.16. The van der Waals surface area contributed by atoms with E-state index in [1.54, 1.807) is 0 Å². The highest BCUT2D eigenvalue weighted by Gasteiger charge is 2.27. The predicted octanol–water partition coefficient (Wildman–Crippen LogP) is 3.89. The third kappa shape index (κ3) is 1.46. The summed E-state index contributed by atoms with van der Waals surface area (Å²) in [6, 6.07) is 17.2. The summed E-state index contributed by atoms with van der Waals surface area (Å²) in [4.78, 5) is 0. The molecule has 2 nitrogen and oxygen atoms in total. The van der Waals surface area contributed by atoms with Crippen molar-refractivity contribution in [1.29, 1.82) is 0 Å². The molecule has 0 amide bonds. The molecule has 0 fully saturated rings. The molecule has 0 radical (unpaired) electrons. The highest BCUT2D eigenvalue weighted by molar-refractivity contribution is 6.23. The minimum absolute atomic E-state index is 0.284. The minimum atomic E-state index is -0.439. The zero-order valence-corrected chi connectivity index (χ0v) is 12.2. The van der Waals surface area contributed by atoms with Gasteiger partial charge in [0.1, 0.15) is 0 Å². The molecule has 2 heteroatoms. The molecule has 1 aliphatic carbocycles. The van der Waals surface area contributed by atoms with Crippen LogP contribution in [0.5, 0.6) is 0 Å². The second-order valence-electron chi connectivity index (χ2n) is 6.44. The van der Waals surface area contributed by atoms with Gasteiger partial charge in [-0.25, -0.2) is 0 Å². The van der Waals surface area contributed by atoms with E-state index in [0.29, 0.717) is 0 Å². The topological polar surface area (TPSA) is 46.2 Å². The molecule has 4 aromatic carbocycles. The molecule has 3 N–H and O–H groups in total. The van der Waals surface area contributed by atoms with Crippen LogP contribution in [0.4, 0.5) is 0 Å². The first kappa shape index (κ1) is 12.4. The average Bonchev–Trinajstić information content (AvgIpc) is 2.55. The zero-order valence-electron chi connectivity index (χ0n) is 12.2. The molecule has 0 saturated heterocycles. The summed E-state index contributed by atoms with van der Waals surface area (Å²) in [6.07, 6.45) is 1.22. The number of benzene rings is 4. The van der Waals surface area contributed by atoms with Gasteiger partial charge in [0.25, 0.3) is 0 Å². The van der Waals surface area contributed by atoms with Gasteiger partial charge in [-0.2, -0.15) is 0 Å².